The summed E-state index contributed by atoms with van der Waals surface area (Å²) in [5, 5.41) is 2.99. The van der Waals surface area contributed by atoms with Crippen molar-refractivity contribution in [2.24, 2.45) is 0 Å². The molecular formula is C15H22N2O2. The largest absolute Gasteiger partial charge is 0.492 e. The molecule has 1 fully saturated rings. The summed E-state index contributed by atoms with van der Waals surface area (Å²) in [5.41, 5.74) is 0. The first-order valence-electron chi connectivity index (χ1n) is 6.91. The molecule has 0 atom stereocenters. The first-order valence-corrected chi connectivity index (χ1v) is 6.91. The van der Waals surface area contributed by atoms with Gasteiger partial charge in [0.05, 0.1) is 0 Å². The number of nitrogens with one attached hydrogen (secondary N) is 1. The van der Waals surface area contributed by atoms with Crippen LogP contribution in [0, 0.1) is 0 Å². The van der Waals surface area contributed by atoms with Crippen molar-refractivity contribution in [2.75, 3.05) is 26.2 Å². The van der Waals surface area contributed by atoms with Crippen LogP contribution in [0.1, 0.15) is 19.8 Å². The highest BCUT2D eigenvalue weighted by atomic mass is 16.5. The van der Waals surface area contributed by atoms with Crippen molar-refractivity contribution in [3.05, 3.63) is 30.3 Å². The van der Waals surface area contributed by atoms with Gasteiger partial charge in [0, 0.05) is 32.6 Å². The van der Waals surface area contributed by atoms with Crippen molar-refractivity contribution < 1.29 is 9.53 Å². The summed E-state index contributed by atoms with van der Waals surface area (Å²) in [6.45, 7) is 5.31. The summed E-state index contributed by atoms with van der Waals surface area (Å²) in [6, 6.07) is 10.2. The van der Waals surface area contributed by atoms with Gasteiger partial charge < -0.3 is 10.1 Å². The van der Waals surface area contributed by atoms with Gasteiger partial charge in [-0.1, -0.05) is 18.2 Å². The van der Waals surface area contributed by atoms with Gasteiger partial charge in [-0.2, -0.15) is 0 Å². The fourth-order valence-corrected chi connectivity index (χ4v) is 2.40. The van der Waals surface area contributed by atoms with Gasteiger partial charge in [-0.15, -0.1) is 0 Å². The molecule has 0 bridgehead atoms. The van der Waals surface area contributed by atoms with Gasteiger partial charge in [0.2, 0.25) is 5.91 Å². The Bertz CT molecular complexity index is 386. The van der Waals surface area contributed by atoms with Gasteiger partial charge >= 0.3 is 0 Å². The highest BCUT2D eigenvalue weighted by molar-refractivity contribution is 5.73. The maximum Gasteiger partial charge on any atom is 0.217 e. The van der Waals surface area contributed by atoms with Crippen LogP contribution in [0.5, 0.6) is 5.75 Å². The van der Waals surface area contributed by atoms with Crippen LogP contribution in [0.3, 0.4) is 0 Å². The van der Waals surface area contributed by atoms with Crippen LogP contribution in [0.2, 0.25) is 0 Å². The number of hydrogen-bond donors (Lipinski definition) is 1. The Kier molecular flexibility index (Phi) is 5.21. The summed E-state index contributed by atoms with van der Waals surface area (Å²) in [4.78, 5) is 13.4. The Morgan fingerprint density at radius 2 is 2.00 bits per heavy atom. The van der Waals surface area contributed by atoms with Gasteiger partial charge in [0.15, 0.2) is 0 Å². The monoisotopic (exact) mass is 262 g/mol. The minimum atomic E-state index is 0.0749. The zero-order valence-corrected chi connectivity index (χ0v) is 11.5. The van der Waals surface area contributed by atoms with E-state index >= 15 is 0 Å². The average Bonchev–Trinajstić information content (AvgIpc) is 2.41. The molecule has 0 unspecified atom stereocenters. The normalized spacial score (nSPS) is 17.1. The Balaban J connectivity index is 1.62. The van der Waals surface area contributed by atoms with Crippen molar-refractivity contribution in [3.63, 3.8) is 0 Å². The Morgan fingerprint density at radius 3 is 2.63 bits per heavy atom. The molecule has 0 aromatic heterocycles. The number of carbonyl (C=O) groups excluding carboxylic acids is 1. The number of para-hydroxylation sites is 1. The van der Waals surface area contributed by atoms with E-state index in [1.165, 1.54) is 0 Å². The molecule has 1 N–H and O–H groups in total. The molecule has 1 saturated heterocycles. The molecule has 1 aliphatic rings. The quantitative estimate of drug-likeness (QED) is 0.877. The lowest BCUT2D eigenvalue weighted by molar-refractivity contribution is -0.119. The fourth-order valence-electron chi connectivity index (χ4n) is 2.40. The lowest BCUT2D eigenvalue weighted by Crippen LogP contribution is -2.45. The molecule has 104 valence electrons. The number of amides is 1. The summed E-state index contributed by atoms with van der Waals surface area (Å²) in [5.74, 6) is 1.00. The van der Waals surface area contributed by atoms with E-state index in [1.807, 2.05) is 30.3 Å². The molecule has 1 aromatic carbocycles. The maximum absolute atomic E-state index is 11.0. The van der Waals surface area contributed by atoms with Gasteiger partial charge in [-0.25, -0.2) is 0 Å². The van der Waals surface area contributed by atoms with Crippen molar-refractivity contribution in [1.29, 1.82) is 0 Å². The molecule has 0 saturated carbocycles. The minimum Gasteiger partial charge on any atom is -0.492 e. The maximum atomic E-state index is 11.0. The second kappa shape index (κ2) is 7.14. The summed E-state index contributed by atoms with van der Waals surface area (Å²) in [6.07, 6.45) is 2.07. The molecular weight excluding hydrogens is 240 g/mol. The van der Waals surface area contributed by atoms with Crippen molar-refractivity contribution in [3.8, 4) is 5.75 Å². The molecule has 2 rings (SSSR count). The van der Waals surface area contributed by atoms with Crippen LogP contribution < -0.4 is 10.1 Å². The lowest BCUT2D eigenvalue weighted by atomic mass is 10.1. The highest BCUT2D eigenvalue weighted by Gasteiger charge is 2.19. The SMILES string of the molecule is CC(=O)NC1CCN(CCOc2ccccc2)CC1. The van der Waals surface area contributed by atoms with E-state index in [0.29, 0.717) is 6.04 Å². The minimum absolute atomic E-state index is 0.0749. The third kappa shape index (κ3) is 4.91. The smallest absolute Gasteiger partial charge is 0.217 e. The number of hydrogen-bond acceptors (Lipinski definition) is 3. The average molecular weight is 262 g/mol. The second-order valence-electron chi connectivity index (χ2n) is 4.98. The van der Waals surface area contributed by atoms with Gasteiger partial charge in [0.1, 0.15) is 12.4 Å². The molecule has 19 heavy (non-hydrogen) atoms. The number of piperidine rings is 1. The van der Waals surface area contributed by atoms with Crippen molar-refractivity contribution >= 4 is 5.91 Å². The van der Waals surface area contributed by atoms with Crippen LogP contribution in [0.15, 0.2) is 30.3 Å². The first-order chi connectivity index (χ1) is 9.24. The third-order valence-corrected chi connectivity index (χ3v) is 3.41. The zero-order chi connectivity index (χ0) is 13.5. The third-order valence-electron chi connectivity index (χ3n) is 3.41. The summed E-state index contributed by atoms with van der Waals surface area (Å²) < 4.78 is 5.69. The predicted molar refractivity (Wildman–Crippen MR) is 75.2 cm³/mol. The highest BCUT2D eigenvalue weighted by Crippen LogP contribution is 2.11. The number of rotatable bonds is 5. The molecule has 1 aliphatic heterocycles. The summed E-state index contributed by atoms with van der Waals surface area (Å²) in [7, 11) is 0. The van der Waals surface area contributed by atoms with E-state index in [4.69, 9.17) is 4.74 Å². The number of benzene rings is 1. The molecule has 0 radical (unpaired) electrons. The standard InChI is InChI=1S/C15H22N2O2/c1-13(18)16-14-7-9-17(10-8-14)11-12-19-15-5-3-2-4-6-15/h2-6,14H,7-12H2,1H3,(H,16,18). The molecule has 0 spiro atoms. The number of nitrogens with zero attached hydrogens (tertiary/aromatic N) is 1. The van der Waals surface area contributed by atoms with E-state index in [-0.39, 0.29) is 5.91 Å². The molecule has 4 heteroatoms. The Labute approximate surface area is 114 Å². The molecule has 1 heterocycles. The molecule has 1 aromatic rings. The van der Waals surface area contributed by atoms with E-state index < -0.39 is 0 Å². The summed E-state index contributed by atoms with van der Waals surface area (Å²) >= 11 is 0. The van der Waals surface area contributed by atoms with E-state index in [1.54, 1.807) is 6.92 Å². The fraction of sp³-hybridized carbons (Fsp3) is 0.533. The van der Waals surface area contributed by atoms with Crippen molar-refractivity contribution in [1.82, 2.24) is 10.2 Å². The first kappa shape index (κ1) is 13.9. The number of ether oxygens (including phenoxy) is 1. The predicted octanol–water partition coefficient (Wildman–Crippen LogP) is 1.67. The zero-order valence-electron chi connectivity index (χ0n) is 11.5. The van der Waals surface area contributed by atoms with Gasteiger partial charge in [0.25, 0.3) is 0 Å². The van der Waals surface area contributed by atoms with E-state index in [2.05, 4.69) is 10.2 Å². The van der Waals surface area contributed by atoms with Gasteiger partial charge in [-0.05, 0) is 25.0 Å². The topological polar surface area (TPSA) is 41.6 Å². The van der Waals surface area contributed by atoms with Crippen molar-refractivity contribution in [2.45, 2.75) is 25.8 Å². The molecule has 1 amide bonds. The Hall–Kier alpha value is -1.55. The van der Waals surface area contributed by atoms with E-state index in [9.17, 15) is 4.79 Å². The van der Waals surface area contributed by atoms with Gasteiger partial charge in [-0.3, -0.25) is 9.69 Å². The van der Waals surface area contributed by atoms with E-state index in [0.717, 1.165) is 44.8 Å². The molecule has 4 nitrogen and oxygen atoms in total. The molecule has 0 aliphatic carbocycles. The van der Waals surface area contributed by atoms with Crippen LogP contribution >= 0.6 is 0 Å². The lowest BCUT2D eigenvalue weighted by Gasteiger charge is -2.31. The Morgan fingerprint density at radius 1 is 1.32 bits per heavy atom. The second-order valence-corrected chi connectivity index (χ2v) is 4.98. The number of likely N-dealkylation sites (tertiary alicyclic amines) is 1. The van der Waals surface area contributed by atoms with Crippen LogP contribution in [0.25, 0.3) is 0 Å². The van der Waals surface area contributed by atoms with Crippen LogP contribution in [-0.2, 0) is 4.79 Å². The van der Waals surface area contributed by atoms with Crippen LogP contribution in [-0.4, -0.2) is 43.1 Å². The number of carbonyl (C=O) groups is 1. The van der Waals surface area contributed by atoms with Crippen LogP contribution in [0.4, 0.5) is 0 Å².